The molecule has 5 rings (SSSR count). The summed E-state index contributed by atoms with van der Waals surface area (Å²) in [6.45, 7) is 0.0957. The number of nitrogens with one attached hydrogen (secondary N) is 1. The van der Waals surface area contributed by atoms with Crippen molar-refractivity contribution in [2.45, 2.75) is 80.8 Å². The Balaban J connectivity index is 1.26. The molecule has 0 spiro atoms. The highest BCUT2D eigenvalue weighted by molar-refractivity contribution is 5.73. The Bertz CT molecular complexity index is 1230. The molecule has 5 unspecified atom stereocenters. The third-order valence-electron chi connectivity index (χ3n) is 7.66. The second kappa shape index (κ2) is 12.5. The summed E-state index contributed by atoms with van der Waals surface area (Å²) in [7, 11) is 0. The highest BCUT2D eigenvalue weighted by Gasteiger charge is 2.49. The molecule has 41 heavy (non-hydrogen) atoms. The largest absolute Gasteiger partial charge is 0.487 e. The summed E-state index contributed by atoms with van der Waals surface area (Å²) in [5.41, 5.74) is 1.39. The number of ether oxygens (including phenoxy) is 4. The van der Waals surface area contributed by atoms with Gasteiger partial charge in [-0.15, -0.1) is 0 Å². The molecule has 1 saturated heterocycles. The van der Waals surface area contributed by atoms with Crippen LogP contribution in [0.15, 0.2) is 36.4 Å². The quantitative estimate of drug-likeness (QED) is 0.241. The Kier molecular flexibility index (Phi) is 9.04. The first-order chi connectivity index (χ1) is 19.6. The summed E-state index contributed by atoms with van der Waals surface area (Å²) in [5, 5.41) is 54.0. The van der Waals surface area contributed by atoms with E-state index in [1.807, 2.05) is 0 Å². The van der Waals surface area contributed by atoms with Crippen LogP contribution < -0.4 is 14.8 Å². The number of carboxylic acid groups (broad SMARTS) is 1. The standard InChI is InChI=1S/C28H33F2NO10/c29-15-3-7-18-13(9-15)1-5-20(38-18)17(32)11-31-12-22(21-6-2-14-10-16(30)4-8-19(14)39-21)40-28-25(35)23(33)24(34)26(41-28)27(36)37/h3-4,7-10,17,20-26,28,31-35H,1-2,5-6,11-12H2,(H,36,37)/t17-,20+,21-,22-,23?,24?,25?,26?,28?/m0/s1. The monoisotopic (exact) mass is 581 g/mol. The molecule has 0 saturated carbocycles. The van der Waals surface area contributed by atoms with E-state index >= 15 is 0 Å². The van der Waals surface area contributed by atoms with Crippen LogP contribution in [0.2, 0.25) is 0 Å². The van der Waals surface area contributed by atoms with Crippen LogP contribution >= 0.6 is 0 Å². The van der Waals surface area contributed by atoms with Gasteiger partial charge >= 0.3 is 5.97 Å². The van der Waals surface area contributed by atoms with E-state index in [1.165, 1.54) is 36.4 Å². The van der Waals surface area contributed by atoms with Gasteiger partial charge in [-0.25, -0.2) is 13.6 Å². The Morgan fingerprint density at radius 2 is 1.49 bits per heavy atom. The zero-order valence-electron chi connectivity index (χ0n) is 21.9. The minimum Gasteiger partial charge on any atom is -0.487 e. The first-order valence-electron chi connectivity index (χ1n) is 13.5. The fourth-order valence-corrected chi connectivity index (χ4v) is 5.40. The molecule has 3 aliphatic heterocycles. The maximum atomic E-state index is 13.7. The first kappa shape index (κ1) is 29.6. The fourth-order valence-electron chi connectivity index (χ4n) is 5.40. The smallest absolute Gasteiger partial charge is 0.335 e. The predicted octanol–water partition coefficient (Wildman–Crippen LogP) is 0.280. The highest BCUT2D eigenvalue weighted by Crippen LogP contribution is 2.32. The number of rotatable bonds is 9. The summed E-state index contributed by atoms with van der Waals surface area (Å²) < 4.78 is 50.4. The number of benzene rings is 2. The van der Waals surface area contributed by atoms with Gasteiger partial charge in [0.25, 0.3) is 0 Å². The number of aryl methyl sites for hydroxylation is 2. The van der Waals surface area contributed by atoms with Crippen LogP contribution in [-0.4, -0.2) is 99.7 Å². The number of fused-ring (bicyclic) bond motifs is 2. The van der Waals surface area contributed by atoms with E-state index in [0.717, 1.165) is 5.56 Å². The van der Waals surface area contributed by atoms with E-state index in [0.29, 0.717) is 42.7 Å². The Morgan fingerprint density at radius 3 is 2.10 bits per heavy atom. The van der Waals surface area contributed by atoms with E-state index in [2.05, 4.69) is 5.32 Å². The Labute approximate surface area is 234 Å². The number of halogens is 2. The van der Waals surface area contributed by atoms with E-state index in [9.17, 15) is 39.1 Å². The van der Waals surface area contributed by atoms with Crippen LogP contribution in [0.5, 0.6) is 11.5 Å². The number of carbonyl (C=O) groups is 1. The third-order valence-corrected chi connectivity index (χ3v) is 7.66. The van der Waals surface area contributed by atoms with Gasteiger partial charge in [-0.3, -0.25) is 0 Å². The van der Waals surface area contributed by atoms with Crippen molar-refractivity contribution in [3.63, 3.8) is 0 Å². The molecule has 0 amide bonds. The molecule has 0 bridgehead atoms. The van der Waals surface area contributed by atoms with E-state index in [1.54, 1.807) is 0 Å². The maximum absolute atomic E-state index is 13.7. The Hall–Kier alpha value is -2.91. The van der Waals surface area contributed by atoms with Crippen molar-refractivity contribution in [1.82, 2.24) is 5.32 Å². The minimum absolute atomic E-state index is 0.0374. The number of aliphatic hydroxyl groups is 4. The molecule has 3 aliphatic rings. The van der Waals surface area contributed by atoms with Crippen LogP contribution in [0, 0.1) is 11.6 Å². The van der Waals surface area contributed by atoms with Crippen LogP contribution in [-0.2, 0) is 27.1 Å². The lowest BCUT2D eigenvalue weighted by atomic mass is 9.97. The molecule has 11 nitrogen and oxygen atoms in total. The fraction of sp³-hybridized carbons (Fsp3) is 0.536. The number of hydrogen-bond donors (Lipinski definition) is 6. The van der Waals surface area contributed by atoms with E-state index in [4.69, 9.17) is 18.9 Å². The Morgan fingerprint density at radius 1 is 0.902 bits per heavy atom. The minimum atomic E-state index is -1.88. The normalized spacial score (nSPS) is 30.7. The molecule has 224 valence electrons. The SMILES string of the molecule is O=C(O)C1OC(O[C@@H](CNC[C@H](O)[C@H]2CCc3cc(F)ccc3O2)[C@@H]2CCc3cc(F)ccc3O2)C(O)C(O)C1O. The van der Waals surface area contributed by atoms with Crippen molar-refractivity contribution in [1.29, 1.82) is 0 Å². The molecular weight excluding hydrogens is 548 g/mol. The number of aliphatic hydroxyl groups excluding tert-OH is 4. The molecule has 6 N–H and O–H groups in total. The van der Waals surface area contributed by atoms with Crippen LogP contribution in [0.1, 0.15) is 24.0 Å². The lowest BCUT2D eigenvalue weighted by molar-refractivity contribution is -0.309. The van der Waals surface area contributed by atoms with Crippen molar-refractivity contribution in [2.75, 3.05) is 13.1 Å². The number of hydrogen-bond acceptors (Lipinski definition) is 10. The molecule has 9 atom stereocenters. The van der Waals surface area contributed by atoms with Gasteiger partial charge in [0, 0.05) is 13.1 Å². The first-order valence-corrected chi connectivity index (χ1v) is 13.5. The second-order valence-corrected chi connectivity index (χ2v) is 10.5. The van der Waals surface area contributed by atoms with Gasteiger partial charge in [-0.2, -0.15) is 0 Å². The van der Waals surface area contributed by atoms with Crippen molar-refractivity contribution in [2.24, 2.45) is 0 Å². The predicted molar refractivity (Wildman–Crippen MR) is 136 cm³/mol. The van der Waals surface area contributed by atoms with E-state index in [-0.39, 0.29) is 18.9 Å². The van der Waals surface area contributed by atoms with Crippen molar-refractivity contribution in [3.05, 3.63) is 59.2 Å². The second-order valence-electron chi connectivity index (χ2n) is 10.5. The average molecular weight is 582 g/mol. The summed E-state index contributed by atoms with van der Waals surface area (Å²) in [6, 6.07) is 8.33. The van der Waals surface area contributed by atoms with Gasteiger partial charge in [0.1, 0.15) is 65.9 Å². The van der Waals surface area contributed by atoms with Crippen molar-refractivity contribution in [3.8, 4) is 11.5 Å². The van der Waals surface area contributed by atoms with Crippen LogP contribution in [0.3, 0.4) is 0 Å². The van der Waals surface area contributed by atoms with Gasteiger partial charge in [0.15, 0.2) is 12.4 Å². The number of aliphatic carboxylic acids is 1. The molecule has 3 heterocycles. The summed E-state index contributed by atoms with van der Waals surface area (Å²) >= 11 is 0. The van der Waals surface area contributed by atoms with Gasteiger partial charge in [0.05, 0.1) is 0 Å². The van der Waals surface area contributed by atoms with Crippen LogP contribution in [0.25, 0.3) is 0 Å². The topological polar surface area (TPSA) is 167 Å². The zero-order valence-corrected chi connectivity index (χ0v) is 21.9. The summed E-state index contributed by atoms with van der Waals surface area (Å²) in [5.74, 6) is -1.37. The van der Waals surface area contributed by atoms with Crippen molar-refractivity contribution < 1.29 is 58.1 Å². The third kappa shape index (κ3) is 6.61. The molecule has 0 aliphatic carbocycles. The summed E-state index contributed by atoms with van der Waals surface area (Å²) in [6.07, 6.45) is -10.2. The summed E-state index contributed by atoms with van der Waals surface area (Å²) in [4.78, 5) is 11.5. The lowest BCUT2D eigenvalue weighted by Crippen LogP contribution is -2.62. The molecular formula is C28H33F2NO10. The molecule has 0 aromatic heterocycles. The van der Waals surface area contributed by atoms with E-state index < -0.39 is 66.9 Å². The lowest BCUT2D eigenvalue weighted by Gasteiger charge is -2.41. The van der Waals surface area contributed by atoms with Crippen molar-refractivity contribution >= 4 is 5.97 Å². The molecule has 0 radical (unpaired) electrons. The maximum Gasteiger partial charge on any atom is 0.335 e. The molecule has 13 heteroatoms. The van der Waals surface area contributed by atoms with Gasteiger partial charge in [-0.05, 0) is 73.2 Å². The molecule has 2 aromatic carbocycles. The van der Waals surface area contributed by atoms with Gasteiger partial charge in [-0.1, -0.05) is 0 Å². The number of carboxylic acids is 1. The zero-order chi connectivity index (χ0) is 29.3. The highest BCUT2D eigenvalue weighted by atomic mass is 19.1. The molecule has 1 fully saturated rings. The molecule has 2 aromatic rings. The van der Waals surface area contributed by atoms with Gasteiger partial charge in [0.2, 0.25) is 0 Å². The average Bonchev–Trinajstić information content (AvgIpc) is 2.95. The van der Waals surface area contributed by atoms with Gasteiger partial charge < -0.3 is 49.8 Å². The van der Waals surface area contributed by atoms with Crippen LogP contribution in [0.4, 0.5) is 8.78 Å².